The predicted molar refractivity (Wildman–Crippen MR) is 260 cm³/mol. The summed E-state index contributed by atoms with van der Waals surface area (Å²) in [6, 6.07) is 0. The Bertz CT molecular complexity index is 1130. The third kappa shape index (κ3) is 47.8. The average Bonchev–Trinajstić information content (AvgIpc) is 3.25. The second-order valence-electron chi connectivity index (χ2n) is 16.3. The first-order valence-electron chi connectivity index (χ1n) is 25.1. The van der Waals surface area contributed by atoms with Crippen LogP contribution in [0, 0.1) is 0 Å². The summed E-state index contributed by atoms with van der Waals surface area (Å²) in [6.07, 6.45) is 66.0. The zero-order valence-corrected chi connectivity index (χ0v) is 39.5. The molecule has 0 heterocycles. The van der Waals surface area contributed by atoms with E-state index < -0.39 is 6.10 Å². The second-order valence-corrected chi connectivity index (χ2v) is 16.3. The van der Waals surface area contributed by atoms with Crippen molar-refractivity contribution in [3.8, 4) is 0 Å². The molecule has 0 saturated carbocycles. The van der Waals surface area contributed by atoms with Crippen LogP contribution in [0.5, 0.6) is 0 Å². The normalized spacial score (nSPS) is 12.9. The highest BCUT2D eigenvalue weighted by atomic mass is 16.6. The molecule has 5 nitrogen and oxygen atoms in total. The Morgan fingerprint density at radius 2 is 0.783 bits per heavy atom. The molecule has 0 aromatic rings. The molecule has 0 saturated heterocycles. The van der Waals surface area contributed by atoms with Crippen molar-refractivity contribution < 1.29 is 23.8 Å². The number of esters is 2. The fraction of sp³-hybridized carbons (Fsp3) is 0.709. The lowest BCUT2D eigenvalue weighted by Crippen LogP contribution is -2.30. The molecule has 344 valence electrons. The lowest BCUT2D eigenvalue weighted by molar-refractivity contribution is -0.162. The zero-order valence-electron chi connectivity index (χ0n) is 39.5. The van der Waals surface area contributed by atoms with E-state index in [1.165, 1.54) is 122 Å². The molecule has 0 aliphatic carbocycles. The molecule has 0 spiro atoms. The van der Waals surface area contributed by atoms with Crippen molar-refractivity contribution in [3.63, 3.8) is 0 Å². The van der Waals surface area contributed by atoms with Crippen molar-refractivity contribution in [2.75, 3.05) is 19.8 Å². The van der Waals surface area contributed by atoms with Gasteiger partial charge in [-0.2, -0.15) is 0 Å². The van der Waals surface area contributed by atoms with Gasteiger partial charge in [0.15, 0.2) is 6.10 Å². The Kier molecular flexibility index (Phi) is 48.0. The maximum atomic E-state index is 12.7. The van der Waals surface area contributed by atoms with Gasteiger partial charge in [-0.25, -0.2) is 0 Å². The number of carbonyl (C=O) groups excluding carboxylic acids is 2. The number of allylic oxidation sites excluding steroid dienone is 14. The van der Waals surface area contributed by atoms with Crippen molar-refractivity contribution in [1.29, 1.82) is 0 Å². The minimum atomic E-state index is -0.580. The zero-order chi connectivity index (χ0) is 43.5. The summed E-state index contributed by atoms with van der Waals surface area (Å²) < 4.78 is 17.3. The van der Waals surface area contributed by atoms with Crippen LogP contribution in [0.2, 0.25) is 0 Å². The highest BCUT2D eigenvalue weighted by Crippen LogP contribution is 2.13. The van der Waals surface area contributed by atoms with E-state index in [1.54, 1.807) is 0 Å². The van der Waals surface area contributed by atoms with E-state index in [0.29, 0.717) is 25.9 Å². The van der Waals surface area contributed by atoms with Gasteiger partial charge in [0, 0.05) is 19.4 Å². The monoisotopic (exact) mass is 835 g/mol. The molecule has 0 fully saturated rings. The molecule has 0 aliphatic rings. The highest BCUT2D eigenvalue weighted by Gasteiger charge is 2.17. The lowest BCUT2D eigenvalue weighted by Gasteiger charge is -2.18. The summed E-state index contributed by atoms with van der Waals surface area (Å²) in [5, 5.41) is 0. The van der Waals surface area contributed by atoms with Gasteiger partial charge in [-0.15, -0.1) is 0 Å². The minimum absolute atomic E-state index is 0.0509. The first-order chi connectivity index (χ1) is 29.6. The second kappa shape index (κ2) is 50.4. The van der Waals surface area contributed by atoms with Crippen molar-refractivity contribution in [2.45, 2.75) is 232 Å². The van der Waals surface area contributed by atoms with Crippen molar-refractivity contribution in [1.82, 2.24) is 0 Å². The fourth-order valence-electron chi connectivity index (χ4n) is 6.71. The summed E-state index contributed by atoms with van der Waals surface area (Å²) >= 11 is 0. The SMILES string of the molecule is CC/C=C\C/C=C\C/C=C\C/C=C\C/C=C\C/C=C\CCC(=O)O[C@H](COCCCCCCCC/C=C\CCCCCCCC)COC(=O)CCCCCCCCCCC. The molecule has 0 aromatic heterocycles. The molecular weight excluding hydrogens is 741 g/mol. The Balaban J connectivity index is 4.37. The minimum Gasteiger partial charge on any atom is -0.462 e. The van der Waals surface area contributed by atoms with Gasteiger partial charge in [0.25, 0.3) is 0 Å². The van der Waals surface area contributed by atoms with Gasteiger partial charge in [-0.05, 0) is 83.5 Å². The third-order valence-electron chi connectivity index (χ3n) is 10.4. The van der Waals surface area contributed by atoms with Crippen LogP contribution < -0.4 is 0 Å². The van der Waals surface area contributed by atoms with Gasteiger partial charge in [0.1, 0.15) is 6.61 Å². The van der Waals surface area contributed by atoms with Crippen LogP contribution in [0.25, 0.3) is 0 Å². The topological polar surface area (TPSA) is 61.8 Å². The van der Waals surface area contributed by atoms with Gasteiger partial charge >= 0.3 is 11.9 Å². The summed E-state index contributed by atoms with van der Waals surface area (Å²) in [5.41, 5.74) is 0. The summed E-state index contributed by atoms with van der Waals surface area (Å²) in [5.74, 6) is -0.499. The number of hydrogen-bond acceptors (Lipinski definition) is 5. The number of carbonyl (C=O) groups is 2. The first kappa shape index (κ1) is 57.1. The molecule has 0 unspecified atom stereocenters. The van der Waals surface area contributed by atoms with Crippen LogP contribution in [-0.2, 0) is 23.8 Å². The fourth-order valence-corrected chi connectivity index (χ4v) is 6.71. The van der Waals surface area contributed by atoms with E-state index in [4.69, 9.17) is 14.2 Å². The molecule has 0 aliphatic heterocycles. The van der Waals surface area contributed by atoms with E-state index in [1.807, 2.05) is 6.08 Å². The van der Waals surface area contributed by atoms with E-state index >= 15 is 0 Å². The molecular formula is C55H94O5. The Morgan fingerprint density at radius 1 is 0.383 bits per heavy atom. The largest absolute Gasteiger partial charge is 0.462 e. The number of hydrogen-bond donors (Lipinski definition) is 0. The molecule has 0 rings (SSSR count). The van der Waals surface area contributed by atoms with Crippen molar-refractivity contribution >= 4 is 11.9 Å². The molecule has 0 N–H and O–H groups in total. The molecule has 0 bridgehead atoms. The first-order valence-corrected chi connectivity index (χ1v) is 25.1. The van der Waals surface area contributed by atoms with Gasteiger partial charge in [-0.1, -0.05) is 215 Å². The van der Waals surface area contributed by atoms with Gasteiger partial charge in [-0.3, -0.25) is 9.59 Å². The Hall–Kier alpha value is -2.92. The molecule has 60 heavy (non-hydrogen) atoms. The molecule has 0 aromatic carbocycles. The maximum absolute atomic E-state index is 12.7. The van der Waals surface area contributed by atoms with Crippen LogP contribution in [0.3, 0.4) is 0 Å². The smallest absolute Gasteiger partial charge is 0.306 e. The number of ether oxygens (including phenoxy) is 3. The third-order valence-corrected chi connectivity index (χ3v) is 10.4. The van der Waals surface area contributed by atoms with E-state index in [-0.39, 0.29) is 25.2 Å². The maximum Gasteiger partial charge on any atom is 0.306 e. The summed E-state index contributed by atoms with van der Waals surface area (Å²) in [7, 11) is 0. The Labute approximate surface area is 371 Å². The Morgan fingerprint density at radius 3 is 1.27 bits per heavy atom. The molecule has 5 heteroatoms. The van der Waals surface area contributed by atoms with Crippen LogP contribution in [0.4, 0.5) is 0 Å². The lowest BCUT2D eigenvalue weighted by atomic mass is 10.1. The standard InChI is InChI=1S/C55H94O5/c1-4-7-10-13-16-19-21-23-25-27-28-29-30-32-34-37-40-43-46-49-55(57)60-53(52-59-54(56)48-45-42-39-36-18-15-12-9-6-3)51-58-50-47-44-41-38-35-33-31-26-24-22-20-17-14-11-8-5-2/h7,10,16,19,23-26,28-29,32,34,40,43,53H,4-6,8-9,11-15,17-18,20-22,27,30-31,33,35-39,41-42,44-52H2,1-3H3/b10-7-,19-16-,25-23-,26-24-,29-28-,34-32-,43-40-/t53-/m1/s1. The molecule has 0 amide bonds. The average molecular weight is 835 g/mol. The van der Waals surface area contributed by atoms with E-state index in [0.717, 1.165) is 64.2 Å². The van der Waals surface area contributed by atoms with E-state index in [9.17, 15) is 9.59 Å². The van der Waals surface area contributed by atoms with Crippen LogP contribution in [0.1, 0.15) is 226 Å². The van der Waals surface area contributed by atoms with Crippen LogP contribution in [0.15, 0.2) is 85.1 Å². The predicted octanol–water partition coefficient (Wildman–Crippen LogP) is 16.9. The van der Waals surface area contributed by atoms with Crippen LogP contribution >= 0.6 is 0 Å². The van der Waals surface area contributed by atoms with Crippen LogP contribution in [-0.4, -0.2) is 37.9 Å². The number of rotatable bonds is 45. The van der Waals surface area contributed by atoms with Crippen molar-refractivity contribution in [3.05, 3.63) is 85.1 Å². The van der Waals surface area contributed by atoms with Gasteiger partial charge in [0.05, 0.1) is 6.61 Å². The van der Waals surface area contributed by atoms with Gasteiger partial charge in [0.2, 0.25) is 0 Å². The van der Waals surface area contributed by atoms with Crippen molar-refractivity contribution in [2.24, 2.45) is 0 Å². The summed E-state index contributed by atoms with van der Waals surface area (Å²) in [4.78, 5) is 25.3. The van der Waals surface area contributed by atoms with E-state index in [2.05, 4.69) is 99.8 Å². The van der Waals surface area contributed by atoms with Gasteiger partial charge < -0.3 is 14.2 Å². The summed E-state index contributed by atoms with van der Waals surface area (Å²) in [6.45, 7) is 7.60. The quantitative estimate of drug-likeness (QED) is 0.0347. The molecule has 1 atom stereocenters. The number of unbranched alkanes of at least 4 members (excludes halogenated alkanes) is 20. The highest BCUT2D eigenvalue weighted by molar-refractivity contribution is 5.70. The molecule has 0 radical (unpaired) electrons.